The van der Waals surface area contributed by atoms with Crippen LogP contribution in [0.3, 0.4) is 0 Å². The number of rotatable bonds is 4. The van der Waals surface area contributed by atoms with Gasteiger partial charge in [0, 0.05) is 37.9 Å². The normalized spacial score (nSPS) is 17.8. The van der Waals surface area contributed by atoms with Crippen LogP contribution in [0.2, 0.25) is 0 Å². The highest BCUT2D eigenvalue weighted by molar-refractivity contribution is 5.78. The molecule has 2 heterocycles. The lowest BCUT2D eigenvalue weighted by atomic mass is 10.2. The molecule has 1 atom stereocenters. The average Bonchev–Trinajstić information content (AvgIpc) is 2.83. The molecule has 1 aromatic rings. The number of nitrogens with one attached hydrogen (secondary N) is 1. The van der Waals surface area contributed by atoms with Crippen molar-refractivity contribution < 1.29 is 9.53 Å². The Labute approximate surface area is 107 Å². The van der Waals surface area contributed by atoms with Crippen LogP contribution in [0.25, 0.3) is 0 Å². The summed E-state index contributed by atoms with van der Waals surface area (Å²) in [6, 6.07) is 0.128. The number of carbonyl (C=O) groups excluding carboxylic acids is 1. The molecule has 1 saturated heterocycles. The first-order valence-corrected chi connectivity index (χ1v) is 6.24. The third kappa shape index (κ3) is 3.30. The van der Waals surface area contributed by atoms with E-state index >= 15 is 0 Å². The fraction of sp³-hybridized carbons (Fsp3) is 0.667. The van der Waals surface area contributed by atoms with Crippen molar-refractivity contribution in [1.29, 1.82) is 0 Å². The van der Waals surface area contributed by atoms with Crippen LogP contribution in [-0.2, 0) is 16.6 Å². The fourth-order valence-electron chi connectivity index (χ4n) is 1.95. The van der Waals surface area contributed by atoms with Crippen molar-refractivity contribution in [1.82, 2.24) is 20.0 Å². The molecule has 0 radical (unpaired) electrons. The summed E-state index contributed by atoms with van der Waals surface area (Å²) in [5.74, 6) is 0.133. The second kappa shape index (κ2) is 5.97. The van der Waals surface area contributed by atoms with E-state index in [0.29, 0.717) is 32.8 Å². The number of aromatic nitrogens is 2. The van der Waals surface area contributed by atoms with Crippen LogP contribution in [0.1, 0.15) is 18.5 Å². The van der Waals surface area contributed by atoms with Crippen LogP contribution in [-0.4, -0.2) is 53.4 Å². The van der Waals surface area contributed by atoms with Gasteiger partial charge in [-0.15, -0.1) is 0 Å². The quantitative estimate of drug-likeness (QED) is 0.815. The van der Waals surface area contributed by atoms with E-state index in [4.69, 9.17) is 4.74 Å². The van der Waals surface area contributed by atoms with Crippen molar-refractivity contribution in [3.8, 4) is 0 Å². The van der Waals surface area contributed by atoms with Gasteiger partial charge in [0.05, 0.1) is 26.0 Å². The predicted molar refractivity (Wildman–Crippen MR) is 67.0 cm³/mol. The van der Waals surface area contributed by atoms with E-state index in [1.54, 1.807) is 4.68 Å². The Balaban J connectivity index is 1.78. The molecule has 1 fully saturated rings. The molecule has 1 aliphatic rings. The van der Waals surface area contributed by atoms with Gasteiger partial charge >= 0.3 is 0 Å². The summed E-state index contributed by atoms with van der Waals surface area (Å²) < 4.78 is 6.98. The monoisotopic (exact) mass is 252 g/mol. The summed E-state index contributed by atoms with van der Waals surface area (Å²) in [5.41, 5.74) is 1.09. The zero-order valence-electron chi connectivity index (χ0n) is 10.9. The number of nitrogens with zero attached hydrogens (tertiary/aromatic N) is 3. The smallest absolute Gasteiger partial charge is 0.236 e. The molecule has 0 saturated carbocycles. The van der Waals surface area contributed by atoms with Gasteiger partial charge in [-0.2, -0.15) is 5.10 Å². The summed E-state index contributed by atoms with van der Waals surface area (Å²) >= 11 is 0. The molecular weight excluding hydrogens is 232 g/mol. The molecule has 1 aliphatic heterocycles. The summed E-state index contributed by atoms with van der Waals surface area (Å²) in [7, 11) is 1.88. The molecule has 1 unspecified atom stereocenters. The summed E-state index contributed by atoms with van der Waals surface area (Å²) in [5, 5.41) is 7.34. The van der Waals surface area contributed by atoms with E-state index in [0.717, 1.165) is 5.56 Å². The number of carbonyl (C=O) groups is 1. The third-order valence-electron chi connectivity index (χ3n) is 3.15. The summed E-state index contributed by atoms with van der Waals surface area (Å²) in [6.45, 7) is 5.07. The van der Waals surface area contributed by atoms with E-state index in [1.165, 1.54) is 0 Å². The third-order valence-corrected chi connectivity index (χ3v) is 3.15. The lowest BCUT2D eigenvalue weighted by molar-refractivity contribution is -0.134. The number of amides is 1. The summed E-state index contributed by atoms with van der Waals surface area (Å²) in [6.07, 6.45) is 3.77. The van der Waals surface area contributed by atoms with Crippen LogP contribution in [0.15, 0.2) is 12.4 Å². The molecule has 0 bridgehead atoms. The first-order chi connectivity index (χ1) is 8.66. The minimum Gasteiger partial charge on any atom is -0.378 e. The van der Waals surface area contributed by atoms with Crippen LogP contribution >= 0.6 is 0 Å². The van der Waals surface area contributed by atoms with Crippen molar-refractivity contribution in [2.45, 2.75) is 13.0 Å². The molecule has 1 aromatic heterocycles. The minimum atomic E-state index is 0.128. The second-order valence-electron chi connectivity index (χ2n) is 4.54. The van der Waals surface area contributed by atoms with Crippen LogP contribution < -0.4 is 5.32 Å². The molecule has 6 heteroatoms. The Morgan fingerprint density at radius 3 is 2.89 bits per heavy atom. The molecule has 0 aromatic carbocycles. The van der Waals surface area contributed by atoms with Crippen molar-refractivity contribution >= 4 is 5.91 Å². The highest BCUT2D eigenvalue weighted by Crippen LogP contribution is 2.09. The Morgan fingerprint density at radius 1 is 1.56 bits per heavy atom. The van der Waals surface area contributed by atoms with E-state index in [-0.39, 0.29) is 11.9 Å². The number of hydrogen-bond donors (Lipinski definition) is 1. The maximum absolute atomic E-state index is 11.9. The zero-order chi connectivity index (χ0) is 13.0. The average molecular weight is 252 g/mol. The number of morpholine rings is 1. The maximum Gasteiger partial charge on any atom is 0.236 e. The van der Waals surface area contributed by atoms with E-state index in [1.807, 2.05) is 31.3 Å². The van der Waals surface area contributed by atoms with Gasteiger partial charge in [-0.25, -0.2) is 0 Å². The predicted octanol–water partition coefficient (Wildman–Crippen LogP) is -0.0705. The first kappa shape index (κ1) is 13.0. The van der Waals surface area contributed by atoms with Gasteiger partial charge in [0.15, 0.2) is 0 Å². The van der Waals surface area contributed by atoms with Gasteiger partial charge < -0.3 is 15.0 Å². The molecule has 100 valence electrons. The number of aryl methyl sites for hydroxylation is 1. The Hall–Kier alpha value is -1.40. The molecule has 18 heavy (non-hydrogen) atoms. The van der Waals surface area contributed by atoms with E-state index in [2.05, 4.69) is 10.4 Å². The Bertz CT molecular complexity index is 399. The molecule has 0 aliphatic carbocycles. The molecule has 2 rings (SSSR count). The van der Waals surface area contributed by atoms with Crippen molar-refractivity contribution in [2.24, 2.45) is 7.05 Å². The maximum atomic E-state index is 11.9. The highest BCUT2D eigenvalue weighted by Gasteiger charge is 2.17. The van der Waals surface area contributed by atoms with E-state index < -0.39 is 0 Å². The Kier molecular flexibility index (Phi) is 4.33. The molecular formula is C12H20N4O2. The van der Waals surface area contributed by atoms with Gasteiger partial charge in [0.1, 0.15) is 0 Å². The Morgan fingerprint density at radius 2 is 2.28 bits per heavy atom. The zero-order valence-corrected chi connectivity index (χ0v) is 10.9. The second-order valence-corrected chi connectivity index (χ2v) is 4.54. The highest BCUT2D eigenvalue weighted by atomic mass is 16.5. The van der Waals surface area contributed by atoms with E-state index in [9.17, 15) is 4.79 Å². The van der Waals surface area contributed by atoms with Gasteiger partial charge in [-0.1, -0.05) is 0 Å². The van der Waals surface area contributed by atoms with Crippen LogP contribution in [0, 0.1) is 0 Å². The molecule has 1 amide bonds. The summed E-state index contributed by atoms with van der Waals surface area (Å²) in [4.78, 5) is 13.8. The van der Waals surface area contributed by atoms with Gasteiger partial charge in [0.2, 0.25) is 5.91 Å². The largest absolute Gasteiger partial charge is 0.378 e. The molecule has 1 N–H and O–H groups in total. The lowest BCUT2D eigenvalue weighted by Gasteiger charge is -2.27. The number of ether oxygens (including phenoxy) is 1. The van der Waals surface area contributed by atoms with Crippen molar-refractivity contribution in [3.63, 3.8) is 0 Å². The standard InChI is InChI=1S/C12H20N4O2/c1-10(11-7-14-15(2)9-11)13-8-12(17)16-3-5-18-6-4-16/h7,9-10,13H,3-6,8H2,1-2H3. The van der Waals surface area contributed by atoms with Crippen molar-refractivity contribution in [3.05, 3.63) is 18.0 Å². The van der Waals surface area contributed by atoms with Gasteiger partial charge in [0.25, 0.3) is 0 Å². The molecule has 0 spiro atoms. The number of hydrogen-bond acceptors (Lipinski definition) is 4. The van der Waals surface area contributed by atoms with Crippen molar-refractivity contribution in [2.75, 3.05) is 32.8 Å². The molecule has 6 nitrogen and oxygen atoms in total. The first-order valence-electron chi connectivity index (χ1n) is 6.24. The minimum absolute atomic E-state index is 0.128. The van der Waals surface area contributed by atoms with Gasteiger partial charge in [-0.05, 0) is 6.92 Å². The SMILES string of the molecule is CC(NCC(=O)N1CCOCC1)c1cnn(C)c1. The fourth-order valence-corrected chi connectivity index (χ4v) is 1.95. The van der Waals surface area contributed by atoms with Crippen LogP contribution in [0.4, 0.5) is 0 Å². The van der Waals surface area contributed by atoms with Crippen LogP contribution in [0.5, 0.6) is 0 Å². The van der Waals surface area contributed by atoms with Gasteiger partial charge in [-0.3, -0.25) is 9.48 Å². The lowest BCUT2D eigenvalue weighted by Crippen LogP contribution is -2.45. The topological polar surface area (TPSA) is 59.4 Å².